The van der Waals surface area contributed by atoms with Gasteiger partial charge in [0.15, 0.2) is 5.78 Å². The summed E-state index contributed by atoms with van der Waals surface area (Å²) in [6, 6.07) is 9.09. The Labute approximate surface area is 152 Å². The SMILES string of the molecule is O=C(CCCN1C(=O)SC(=Cc2cccs2)C1=O)c1ccc(F)cc1. The second kappa shape index (κ2) is 7.76. The molecule has 25 heavy (non-hydrogen) atoms. The molecule has 0 radical (unpaired) electrons. The minimum absolute atomic E-state index is 0.138. The van der Waals surface area contributed by atoms with Gasteiger partial charge in [-0.1, -0.05) is 6.07 Å². The van der Waals surface area contributed by atoms with Crippen molar-refractivity contribution in [3.63, 3.8) is 0 Å². The molecule has 4 nitrogen and oxygen atoms in total. The zero-order chi connectivity index (χ0) is 17.8. The molecule has 7 heteroatoms. The normalized spacial score (nSPS) is 16.0. The van der Waals surface area contributed by atoms with Crippen LogP contribution in [-0.2, 0) is 4.79 Å². The van der Waals surface area contributed by atoms with Crippen LogP contribution in [0.25, 0.3) is 6.08 Å². The zero-order valence-corrected chi connectivity index (χ0v) is 14.7. The van der Waals surface area contributed by atoms with E-state index in [9.17, 15) is 18.8 Å². The van der Waals surface area contributed by atoms with Crippen molar-refractivity contribution in [1.29, 1.82) is 0 Å². The molecule has 1 aromatic heterocycles. The average Bonchev–Trinajstić information content (AvgIpc) is 3.19. The molecule has 0 spiro atoms. The number of nitrogens with zero attached hydrogens (tertiary/aromatic N) is 1. The summed E-state index contributed by atoms with van der Waals surface area (Å²) < 4.78 is 12.9. The van der Waals surface area contributed by atoms with E-state index < -0.39 is 5.82 Å². The number of hydrogen-bond donors (Lipinski definition) is 0. The summed E-state index contributed by atoms with van der Waals surface area (Å²) >= 11 is 2.41. The Hall–Kier alpha value is -2.25. The van der Waals surface area contributed by atoms with Crippen LogP contribution in [0.5, 0.6) is 0 Å². The van der Waals surface area contributed by atoms with E-state index in [1.807, 2.05) is 17.5 Å². The summed E-state index contributed by atoms with van der Waals surface area (Å²) in [7, 11) is 0. The summed E-state index contributed by atoms with van der Waals surface area (Å²) in [5.41, 5.74) is 0.424. The van der Waals surface area contributed by atoms with Gasteiger partial charge in [-0.15, -0.1) is 11.3 Å². The van der Waals surface area contributed by atoms with Gasteiger partial charge in [-0.3, -0.25) is 19.3 Å². The van der Waals surface area contributed by atoms with Crippen molar-refractivity contribution in [2.45, 2.75) is 12.8 Å². The second-order valence-corrected chi connectivity index (χ2v) is 7.35. The summed E-state index contributed by atoms with van der Waals surface area (Å²) in [6.07, 6.45) is 2.27. The van der Waals surface area contributed by atoms with Gasteiger partial charge in [0.2, 0.25) is 0 Å². The van der Waals surface area contributed by atoms with Crippen LogP contribution in [0.4, 0.5) is 9.18 Å². The van der Waals surface area contributed by atoms with Crippen molar-refractivity contribution in [1.82, 2.24) is 4.90 Å². The molecule has 0 unspecified atom stereocenters. The summed E-state index contributed by atoms with van der Waals surface area (Å²) in [6.45, 7) is 0.194. The van der Waals surface area contributed by atoms with E-state index in [-0.39, 0.29) is 29.9 Å². The molecule has 0 N–H and O–H groups in total. The van der Waals surface area contributed by atoms with Gasteiger partial charge >= 0.3 is 0 Å². The maximum Gasteiger partial charge on any atom is 0.293 e. The van der Waals surface area contributed by atoms with Gasteiger partial charge in [-0.25, -0.2) is 4.39 Å². The fourth-order valence-electron chi connectivity index (χ4n) is 2.37. The molecule has 1 fully saturated rings. The first kappa shape index (κ1) is 17.6. The smallest absolute Gasteiger partial charge is 0.293 e. The van der Waals surface area contributed by atoms with E-state index in [0.29, 0.717) is 16.9 Å². The number of thiophene rings is 1. The fourth-order valence-corrected chi connectivity index (χ4v) is 3.96. The number of halogens is 1. The van der Waals surface area contributed by atoms with E-state index in [0.717, 1.165) is 16.6 Å². The van der Waals surface area contributed by atoms with Crippen LogP contribution in [0, 0.1) is 5.82 Å². The molecule has 1 saturated heterocycles. The topological polar surface area (TPSA) is 54.5 Å². The number of imide groups is 1. The van der Waals surface area contributed by atoms with E-state index in [1.54, 1.807) is 6.08 Å². The zero-order valence-electron chi connectivity index (χ0n) is 13.1. The summed E-state index contributed by atoms with van der Waals surface area (Å²) in [5.74, 6) is -0.856. The number of carbonyl (C=O) groups excluding carboxylic acids is 3. The van der Waals surface area contributed by atoms with Gasteiger partial charge in [0.25, 0.3) is 11.1 Å². The van der Waals surface area contributed by atoms with Gasteiger partial charge in [0.05, 0.1) is 4.91 Å². The number of carbonyl (C=O) groups is 3. The Morgan fingerprint density at radius 3 is 2.60 bits per heavy atom. The van der Waals surface area contributed by atoms with Crippen LogP contribution in [0.2, 0.25) is 0 Å². The molecule has 0 bridgehead atoms. The molecule has 2 aromatic rings. The maximum atomic E-state index is 12.9. The van der Waals surface area contributed by atoms with E-state index in [4.69, 9.17) is 0 Å². The van der Waals surface area contributed by atoms with Crippen LogP contribution >= 0.6 is 23.1 Å². The third-order valence-electron chi connectivity index (χ3n) is 3.64. The number of hydrogen-bond acceptors (Lipinski definition) is 5. The first-order valence-corrected chi connectivity index (χ1v) is 9.32. The summed E-state index contributed by atoms with van der Waals surface area (Å²) in [4.78, 5) is 38.9. The van der Waals surface area contributed by atoms with Crippen LogP contribution < -0.4 is 0 Å². The number of thioether (sulfide) groups is 1. The van der Waals surface area contributed by atoms with E-state index >= 15 is 0 Å². The van der Waals surface area contributed by atoms with Gasteiger partial charge in [0.1, 0.15) is 5.82 Å². The van der Waals surface area contributed by atoms with E-state index in [2.05, 4.69) is 0 Å². The Morgan fingerprint density at radius 1 is 1.16 bits per heavy atom. The Balaban J connectivity index is 1.56. The van der Waals surface area contributed by atoms with Crippen molar-refractivity contribution in [2.24, 2.45) is 0 Å². The lowest BCUT2D eigenvalue weighted by atomic mass is 10.1. The molecule has 1 aliphatic rings. The molecule has 2 amide bonds. The lowest BCUT2D eigenvalue weighted by Gasteiger charge is -2.11. The molecule has 128 valence electrons. The summed E-state index contributed by atoms with van der Waals surface area (Å²) in [5, 5.41) is 1.58. The predicted molar refractivity (Wildman–Crippen MR) is 97.0 cm³/mol. The molecule has 0 atom stereocenters. The Kier molecular flexibility index (Phi) is 5.45. The average molecular weight is 375 g/mol. The van der Waals surface area contributed by atoms with Crippen molar-refractivity contribution >= 4 is 46.1 Å². The van der Waals surface area contributed by atoms with Gasteiger partial charge in [-0.05, 0) is 60.0 Å². The maximum absolute atomic E-state index is 12.9. The largest absolute Gasteiger partial charge is 0.294 e. The Bertz CT molecular complexity index is 829. The third-order valence-corrected chi connectivity index (χ3v) is 5.37. The highest BCUT2D eigenvalue weighted by Gasteiger charge is 2.34. The highest BCUT2D eigenvalue weighted by molar-refractivity contribution is 8.18. The van der Waals surface area contributed by atoms with Crippen LogP contribution in [0.3, 0.4) is 0 Å². The van der Waals surface area contributed by atoms with Crippen LogP contribution in [-0.4, -0.2) is 28.4 Å². The molecule has 0 saturated carbocycles. The fraction of sp³-hybridized carbons (Fsp3) is 0.167. The lowest BCUT2D eigenvalue weighted by molar-refractivity contribution is -0.122. The molecule has 1 aromatic carbocycles. The van der Waals surface area contributed by atoms with Gasteiger partial charge in [0, 0.05) is 23.4 Å². The highest BCUT2D eigenvalue weighted by Crippen LogP contribution is 2.33. The first-order chi connectivity index (χ1) is 12.0. The molecule has 3 rings (SSSR count). The molecule has 0 aliphatic carbocycles. The number of Topliss-reactive ketones (excluding diaryl/α,β-unsaturated/α-hetero) is 1. The second-order valence-electron chi connectivity index (χ2n) is 5.38. The molecule has 1 aliphatic heterocycles. The molecule has 2 heterocycles. The van der Waals surface area contributed by atoms with Crippen LogP contribution in [0.1, 0.15) is 28.1 Å². The predicted octanol–water partition coefficient (Wildman–Crippen LogP) is 4.59. The Morgan fingerprint density at radius 2 is 1.92 bits per heavy atom. The molecular formula is C18H14FNO3S2. The minimum atomic E-state index is -0.396. The lowest BCUT2D eigenvalue weighted by Crippen LogP contribution is -2.29. The highest BCUT2D eigenvalue weighted by atomic mass is 32.2. The van der Waals surface area contributed by atoms with Crippen LogP contribution in [0.15, 0.2) is 46.7 Å². The first-order valence-electron chi connectivity index (χ1n) is 7.62. The standard InChI is InChI=1S/C18H14FNO3S2/c19-13-7-5-12(6-8-13)15(21)4-1-9-20-17(22)16(25-18(20)23)11-14-3-2-10-24-14/h2-3,5-8,10-11H,1,4,9H2. The van der Waals surface area contributed by atoms with E-state index in [1.165, 1.54) is 40.5 Å². The quantitative estimate of drug-likeness (QED) is 0.547. The number of ketones is 1. The van der Waals surface area contributed by atoms with Crippen molar-refractivity contribution in [2.75, 3.05) is 6.54 Å². The number of rotatable bonds is 6. The molecular weight excluding hydrogens is 361 g/mol. The monoisotopic (exact) mass is 375 g/mol. The number of benzene rings is 1. The van der Waals surface area contributed by atoms with Gasteiger partial charge < -0.3 is 0 Å². The third kappa shape index (κ3) is 4.24. The van der Waals surface area contributed by atoms with Gasteiger partial charge in [-0.2, -0.15) is 0 Å². The minimum Gasteiger partial charge on any atom is -0.294 e. The van der Waals surface area contributed by atoms with Crippen molar-refractivity contribution in [3.05, 3.63) is 62.9 Å². The van der Waals surface area contributed by atoms with Crippen molar-refractivity contribution < 1.29 is 18.8 Å². The van der Waals surface area contributed by atoms with Crippen molar-refractivity contribution in [3.8, 4) is 0 Å². The number of amides is 2.